The molecule has 0 aliphatic heterocycles. The zero-order valence-corrected chi connectivity index (χ0v) is 9.83. The van der Waals surface area contributed by atoms with Gasteiger partial charge in [-0.15, -0.1) is 0 Å². The first-order valence-corrected chi connectivity index (χ1v) is 7.29. The summed E-state index contributed by atoms with van der Waals surface area (Å²) in [7, 11) is -3.41. The van der Waals surface area contributed by atoms with Crippen LogP contribution in [0.3, 0.4) is 0 Å². The van der Waals surface area contributed by atoms with Gasteiger partial charge in [0.2, 0.25) is 0 Å². The number of hydrogen-bond acceptors (Lipinski definition) is 3. The molecule has 6 heteroatoms. The summed E-state index contributed by atoms with van der Waals surface area (Å²) in [6.45, 7) is 0. The normalized spacial score (nSPS) is 12.1. The van der Waals surface area contributed by atoms with Gasteiger partial charge in [0, 0.05) is 0 Å². The van der Waals surface area contributed by atoms with Gasteiger partial charge in [-0.1, -0.05) is 0 Å². The van der Waals surface area contributed by atoms with E-state index < -0.39 is 30.3 Å². The van der Waals surface area contributed by atoms with Crippen LogP contribution in [0.15, 0.2) is 29.1 Å². The van der Waals surface area contributed by atoms with Crippen LogP contribution in [0.5, 0.6) is 0 Å². The van der Waals surface area contributed by atoms with Crippen molar-refractivity contribution in [3.8, 4) is 0 Å². The van der Waals surface area contributed by atoms with Gasteiger partial charge in [-0.2, -0.15) is 0 Å². The van der Waals surface area contributed by atoms with Crippen molar-refractivity contribution in [3.05, 3.63) is 34.6 Å². The van der Waals surface area contributed by atoms with Gasteiger partial charge in [0.25, 0.3) is 0 Å². The van der Waals surface area contributed by atoms with Gasteiger partial charge in [0.05, 0.1) is 0 Å². The first-order valence-electron chi connectivity index (χ1n) is 3.82. The van der Waals surface area contributed by atoms with Gasteiger partial charge in [0.15, 0.2) is 0 Å². The topological polar surface area (TPSA) is 56.1 Å². The SMILES string of the molecule is CS(=O)(=O)n1[se]c2ccccc2c1=O. The molecule has 0 unspecified atom stereocenters. The van der Waals surface area contributed by atoms with Crippen LogP contribution in [-0.4, -0.2) is 32.4 Å². The molecule has 0 saturated carbocycles. The molecule has 0 saturated heterocycles. The third kappa shape index (κ3) is 1.45. The fraction of sp³-hybridized carbons (Fsp3) is 0.125. The Kier molecular flexibility index (Phi) is 2.14. The number of nitrogens with zero attached hydrogens (tertiary/aromatic N) is 1. The molecule has 2 rings (SSSR count). The molecular formula is C8H7NO3SSe. The van der Waals surface area contributed by atoms with Crippen molar-refractivity contribution in [3.63, 3.8) is 0 Å². The van der Waals surface area contributed by atoms with Gasteiger partial charge < -0.3 is 0 Å². The third-order valence-corrected chi connectivity index (χ3v) is 6.48. The van der Waals surface area contributed by atoms with Crippen molar-refractivity contribution in [2.45, 2.75) is 0 Å². The molecule has 0 amide bonds. The fourth-order valence-corrected chi connectivity index (χ4v) is 4.55. The molecule has 0 atom stereocenters. The molecule has 1 heterocycles. The van der Waals surface area contributed by atoms with Crippen LogP contribution in [0.25, 0.3) is 9.65 Å². The number of rotatable bonds is 1. The Morgan fingerprint density at radius 1 is 1.29 bits per heavy atom. The maximum atomic E-state index is 11.6. The Hall–Kier alpha value is -0.841. The summed E-state index contributed by atoms with van der Waals surface area (Å²) in [6.07, 6.45) is 1.05. The second-order valence-electron chi connectivity index (χ2n) is 2.88. The molecule has 0 N–H and O–H groups in total. The second kappa shape index (κ2) is 3.08. The summed E-state index contributed by atoms with van der Waals surface area (Å²) in [6, 6.07) is 6.99. The van der Waals surface area contributed by atoms with Gasteiger partial charge in [-0.3, -0.25) is 0 Å². The molecule has 4 nitrogen and oxygen atoms in total. The third-order valence-electron chi connectivity index (χ3n) is 1.77. The predicted octanol–water partition coefficient (Wildman–Crippen LogP) is -0.134. The Morgan fingerprint density at radius 3 is 2.50 bits per heavy atom. The molecule has 0 fully saturated rings. The quantitative estimate of drug-likeness (QED) is 0.682. The van der Waals surface area contributed by atoms with Gasteiger partial charge in [-0.25, -0.2) is 0 Å². The average molecular weight is 276 g/mol. The molecular weight excluding hydrogens is 269 g/mol. The average Bonchev–Trinajstić information content (AvgIpc) is 2.44. The van der Waals surface area contributed by atoms with Crippen LogP contribution in [0.4, 0.5) is 0 Å². The van der Waals surface area contributed by atoms with Crippen LogP contribution in [0.2, 0.25) is 0 Å². The first kappa shape index (κ1) is 9.70. The number of fused-ring (bicyclic) bond motifs is 1. The van der Waals surface area contributed by atoms with E-state index in [1.54, 1.807) is 24.3 Å². The van der Waals surface area contributed by atoms with Gasteiger partial charge in [0.1, 0.15) is 0 Å². The summed E-state index contributed by atoms with van der Waals surface area (Å²) in [5.41, 5.74) is -0.400. The molecule has 0 radical (unpaired) electrons. The van der Waals surface area contributed by atoms with Crippen LogP contribution >= 0.6 is 0 Å². The predicted molar refractivity (Wildman–Crippen MR) is 55.4 cm³/mol. The Balaban J connectivity index is 2.96. The van der Waals surface area contributed by atoms with E-state index in [0.29, 0.717) is 5.39 Å². The fourth-order valence-electron chi connectivity index (χ4n) is 1.17. The van der Waals surface area contributed by atoms with Crippen molar-refractivity contribution in [2.24, 2.45) is 0 Å². The van der Waals surface area contributed by atoms with E-state index in [0.717, 1.165) is 13.5 Å². The van der Waals surface area contributed by atoms with E-state index in [2.05, 4.69) is 0 Å². The monoisotopic (exact) mass is 277 g/mol. The van der Waals surface area contributed by atoms with Crippen molar-refractivity contribution in [2.75, 3.05) is 6.26 Å². The van der Waals surface area contributed by atoms with Gasteiger partial charge in [-0.05, 0) is 0 Å². The maximum absolute atomic E-state index is 11.6. The number of benzene rings is 1. The summed E-state index contributed by atoms with van der Waals surface area (Å²) < 4.78 is 24.2. The van der Waals surface area contributed by atoms with Crippen LogP contribution in [-0.2, 0) is 10.0 Å². The van der Waals surface area contributed by atoms with E-state index in [-0.39, 0.29) is 0 Å². The Labute approximate surface area is 86.8 Å². The summed E-state index contributed by atoms with van der Waals surface area (Å²) >= 11 is -0.429. The zero-order chi connectivity index (χ0) is 10.3. The van der Waals surface area contributed by atoms with E-state index in [1.807, 2.05) is 0 Å². The van der Waals surface area contributed by atoms with E-state index in [4.69, 9.17) is 0 Å². The molecule has 14 heavy (non-hydrogen) atoms. The number of hydrogen-bond donors (Lipinski definition) is 0. The number of aromatic nitrogens is 1. The van der Waals surface area contributed by atoms with Crippen LogP contribution < -0.4 is 5.56 Å². The second-order valence-corrected chi connectivity index (χ2v) is 7.31. The first-order chi connectivity index (χ1) is 6.50. The van der Waals surface area contributed by atoms with E-state index >= 15 is 0 Å². The summed E-state index contributed by atoms with van der Waals surface area (Å²) in [5.74, 6) is 0. The summed E-state index contributed by atoms with van der Waals surface area (Å²) in [4.78, 5) is 11.6. The Morgan fingerprint density at radius 2 is 1.93 bits per heavy atom. The van der Waals surface area contributed by atoms with Crippen LogP contribution in [0.1, 0.15) is 0 Å². The Bertz CT molecular complexity index is 638. The molecule has 2 aromatic rings. The standard InChI is InChI=1S/C8H7NO3SSe/c1-13(11,12)9-8(10)6-4-2-3-5-7(6)14-9/h2-5H,1H3. The molecule has 1 aromatic carbocycles. The minimum atomic E-state index is -3.41. The van der Waals surface area contributed by atoms with Crippen molar-refractivity contribution < 1.29 is 8.42 Å². The minimum absolute atomic E-state index is 0.400. The molecule has 74 valence electrons. The summed E-state index contributed by atoms with van der Waals surface area (Å²) in [5, 5.41) is 0.512. The van der Waals surface area contributed by atoms with Crippen LogP contribution in [0, 0.1) is 0 Å². The van der Waals surface area contributed by atoms with Crippen molar-refractivity contribution >= 4 is 34.4 Å². The van der Waals surface area contributed by atoms with Gasteiger partial charge >= 0.3 is 86.7 Å². The molecule has 0 aliphatic rings. The molecule has 0 spiro atoms. The van der Waals surface area contributed by atoms with E-state index in [1.165, 1.54) is 0 Å². The van der Waals surface area contributed by atoms with Crippen molar-refractivity contribution in [1.29, 1.82) is 0 Å². The molecule has 1 aromatic heterocycles. The zero-order valence-electron chi connectivity index (χ0n) is 7.30. The molecule has 0 bridgehead atoms. The molecule has 0 aliphatic carbocycles. The van der Waals surface area contributed by atoms with E-state index in [9.17, 15) is 13.2 Å². The van der Waals surface area contributed by atoms with Crippen molar-refractivity contribution in [1.82, 2.24) is 2.97 Å².